The Morgan fingerprint density at radius 1 is 1.15 bits per heavy atom. The fourth-order valence-electron chi connectivity index (χ4n) is 1.32. The van der Waals surface area contributed by atoms with Gasteiger partial charge in [-0.25, -0.2) is 9.97 Å². The Hall–Kier alpha value is -1.57. The normalized spacial score (nSPS) is 12.3. The first-order valence-electron chi connectivity index (χ1n) is 6.23. The second-order valence-electron chi connectivity index (χ2n) is 5.17. The maximum absolute atomic E-state index is 12.7. The van der Waals surface area contributed by atoms with Gasteiger partial charge in [-0.3, -0.25) is 0 Å². The van der Waals surface area contributed by atoms with E-state index < -0.39 is 17.4 Å². The van der Waals surface area contributed by atoms with Crippen molar-refractivity contribution < 1.29 is 18.3 Å². The number of anilines is 2. The Kier molecular flexibility index (Phi) is 5.15. The van der Waals surface area contributed by atoms with Crippen molar-refractivity contribution >= 4 is 11.6 Å². The lowest BCUT2D eigenvalue weighted by Crippen LogP contribution is -2.27. The van der Waals surface area contributed by atoms with Gasteiger partial charge in [-0.2, -0.15) is 13.2 Å². The third-order valence-corrected chi connectivity index (χ3v) is 2.51. The highest BCUT2D eigenvalue weighted by Crippen LogP contribution is 2.28. The largest absolute Gasteiger partial charge is 0.451 e. The third-order valence-electron chi connectivity index (χ3n) is 2.51. The number of alkyl halides is 3. The molecule has 1 aromatic heterocycles. The Bertz CT molecular complexity index is 449. The molecule has 114 valence electrons. The third kappa shape index (κ3) is 4.84. The molecule has 0 aromatic carbocycles. The highest BCUT2D eigenvalue weighted by molar-refractivity contribution is 5.48. The van der Waals surface area contributed by atoms with Crippen LogP contribution in [-0.2, 0) is 6.18 Å². The first kappa shape index (κ1) is 16.5. The van der Waals surface area contributed by atoms with E-state index in [2.05, 4.69) is 20.6 Å². The van der Waals surface area contributed by atoms with E-state index >= 15 is 0 Å². The number of hydrogen-bond acceptors (Lipinski definition) is 5. The molecule has 0 bridgehead atoms. The molecule has 0 spiro atoms. The van der Waals surface area contributed by atoms with Crippen molar-refractivity contribution in [3.05, 3.63) is 11.9 Å². The van der Waals surface area contributed by atoms with Crippen LogP contribution in [0.5, 0.6) is 0 Å². The molecule has 0 unspecified atom stereocenters. The standard InChI is InChI=1S/C12H19F3N4O/c1-4-16-8-5-9(17-6-11(2,3)7-20)19-10(18-8)12(13,14)15/h5,20H,4,6-7H2,1-3H3,(H2,16,17,18,19). The summed E-state index contributed by atoms with van der Waals surface area (Å²) in [7, 11) is 0. The highest BCUT2D eigenvalue weighted by Gasteiger charge is 2.35. The smallest absolute Gasteiger partial charge is 0.396 e. The molecule has 0 saturated heterocycles. The number of aliphatic hydroxyl groups is 1. The van der Waals surface area contributed by atoms with Gasteiger partial charge < -0.3 is 15.7 Å². The molecular weight excluding hydrogens is 273 g/mol. The van der Waals surface area contributed by atoms with Gasteiger partial charge in [-0.05, 0) is 6.92 Å². The number of nitrogens with zero attached hydrogens (tertiary/aromatic N) is 2. The van der Waals surface area contributed by atoms with E-state index in [1.165, 1.54) is 6.07 Å². The average Bonchev–Trinajstić information content (AvgIpc) is 2.36. The second-order valence-corrected chi connectivity index (χ2v) is 5.17. The molecule has 0 fully saturated rings. The molecule has 1 heterocycles. The summed E-state index contributed by atoms with van der Waals surface area (Å²) in [5.41, 5.74) is -0.457. The summed E-state index contributed by atoms with van der Waals surface area (Å²) in [5.74, 6) is -1.01. The molecule has 0 amide bonds. The number of aromatic nitrogens is 2. The van der Waals surface area contributed by atoms with Crippen molar-refractivity contribution in [1.29, 1.82) is 0 Å². The quantitative estimate of drug-likeness (QED) is 0.751. The zero-order valence-corrected chi connectivity index (χ0v) is 11.7. The van der Waals surface area contributed by atoms with Crippen LogP contribution in [0.15, 0.2) is 6.07 Å². The van der Waals surface area contributed by atoms with Gasteiger partial charge in [0.05, 0.1) is 0 Å². The summed E-state index contributed by atoms with van der Waals surface area (Å²) in [6.07, 6.45) is -4.60. The molecule has 0 aliphatic carbocycles. The van der Waals surface area contributed by atoms with E-state index in [1.807, 2.05) is 0 Å². The molecule has 0 aliphatic rings. The fourth-order valence-corrected chi connectivity index (χ4v) is 1.32. The van der Waals surface area contributed by atoms with E-state index in [1.54, 1.807) is 20.8 Å². The SMILES string of the molecule is CCNc1cc(NCC(C)(C)CO)nc(C(F)(F)F)n1. The first-order valence-corrected chi connectivity index (χ1v) is 6.23. The molecule has 20 heavy (non-hydrogen) atoms. The Labute approximate surface area is 115 Å². The van der Waals surface area contributed by atoms with Crippen molar-refractivity contribution in [3.63, 3.8) is 0 Å². The van der Waals surface area contributed by atoms with Gasteiger partial charge in [0, 0.05) is 31.2 Å². The summed E-state index contributed by atoms with van der Waals surface area (Å²) >= 11 is 0. The van der Waals surface area contributed by atoms with Crippen LogP contribution in [0.25, 0.3) is 0 Å². The van der Waals surface area contributed by atoms with Crippen LogP contribution in [0.3, 0.4) is 0 Å². The predicted molar refractivity (Wildman–Crippen MR) is 70.6 cm³/mol. The van der Waals surface area contributed by atoms with E-state index in [0.29, 0.717) is 13.1 Å². The van der Waals surface area contributed by atoms with Gasteiger partial charge in [0.2, 0.25) is 5.82 Å². The van der Waals surface area contributed by atoms with Gasteiger partial charge >= 0.3 is 6.18 Å². The molecule has 0 atom stereocenters. The number of nitrogens with one attached hydrogen (secondary N) is 2. The van der Waals surface area contributed by atoms with Gasteiger partial charge in [-0.15, -0.1) is 0 Å². The Morgan fingerprint density at radius 3 is 2.15 bits per heavy atom. The van der Waals surface area contributed by atoms with Crippen molar-refractivity contribution in [2.75, 3.05) is 30.3 Å². The molecule has 5 nitrogen and oxygen atoms in total. The molecule has 0 aliphatic heterocycles. The summed E-state index contributed by atoms with van der Waals surface area (Å²) in [6, 6.07) is 1.41. The maximum atomic E-state index is 12.7. The maximum Gasteiger partial charge on any atom is 0.451 e. The van der Waals surface area contributed by atoms with E-state index in [9.17, 15) is 13.2 Å². The molecule has 1 aromatic rings. The molecule has 3 N–H and O–H groups in total. The van der Waals surface area contributed by atoms with Gasteiger partial charge in [0.1, 0.15) is 11.6 Å². The molecule has 8 heteroatoms. The number of rotatable bonds is 6. The minimum Gasteiger partial charge on any atom is -0.396 e. The summed E-state index contributed by atoms with van der Waals surface area (Å²) in [4.78, 5) is 6.88. The lowest BCUT2D eigenvalue weighted by atomic mass is 9.95. The van der Waals surface area contributed by atoms with Crippen molar-refractivity contribution in [2.24, 2.45) is 5.41 Å². The van der Waals surface area contributed by atoms with Gasteiger partial charge in [0.15, 0.2) is 0 Å². The van der Waals surface area contributed by atoms with Crippen LogP contribution in [0.1, 0.15) is 26.6 Å². The number of hydrogen-bond donors (Lipinski definition) is 3. The molecule has 0 saturated carbocycles. The lowest BCUT2D eigenvalue weighted by Gasteiger charge is -2.22. The minimum atomic E-state index is -4.60. The Balaban J connectivity index is 2.97. The van der Waals surface area contributed by atoms with Crippen LogP contribution >= 0.6 is 0 Å². The van der Waals surface area contributed by atoms with Crippen LogP contribution in [0.2, 0.25) is 0 Å². The summed E-state index contributed by atoms with van der Waals surface area (Å²) < 4.78 is 38.1. The zero-order chi connectivity index (χ0) is 15.4. The number of aliphatic hydroxyl groups excluding tert-OH is 1. The second kappa shape index (κ2) is 6.25. The van der Waals surface area contributed by atoms with Crippen LogP contribution in [0, 0.1) is 5.41 Å². The topological polar surface area (TPSA) is 70.1 Å². The van der Waals surface area contributed by atoms with Gasteiger partial charge in [-0.1, -0.05) is 13.8 Å². The van der Waals surface area contributed by atoms with Crippen molar-refractivity contribution in [1.82, 2.24) is 9.97 Å². The summed E-state index contributed by atoms with van der Waals surface area (Å²) in [6.45, 7) is 6.00. The zero-order valence-electron chi connectivity index (χ0n) is 11.7. The lowest BCUT2D eigenvalue weighted by molar-refractivity contribution is -0.144. The Morgan fingerprint density at radius 2 is 1.70 bits per heavy atom. The van der Waals surface area contributed by atoms with Crippen molar-refractivity contribution in [3.8, 4) is 0 Å². The molecule has 0 radical (unpaired) electrons. The molecular formula is C12H19F3N4O. The first-order chi connectivity index (χ1) is 9.18. The summed E-state index contributed by atoms with van der Waals surface area (Å²) in [5, 5.41) is 14.7. The van der Waals surface area contributed by atoms with Crippen molar-refractivity contribution in [2.45, 2.75) is 26.9 Å². The predicted octanol–water partition coefficient (Wildman–Crippen LogP) is 2.36. The van der Waals surface area contributed by atoms with Gasteiger partial charge in [0.25, 0.3) is 0 Å². The van der Waals surface area contributed by atoms with E-state index in [0.717, 1.165) is 0 Å². The van der Waals surface area contributed by atoms with Crippen LogP contribution < -0.4 is 10.6 Å². The minimum absolute atomic E-state index is 0.0739. The van der Waals surface area contributed by atoms with Crippen LogP contribution in [-0.4, -0.2) is 34.8 Å². The van der Waals surface area contributed by atoms with Crippen LogP contribution in [0.4, 0.5) is 24.8 Å². The highest BCUT2D eigenvalue weighted by atomic mass is 19.4. The fraction of sp³-hybridized carbons (Fsp3) is 0.667. The molecule has 1 rings (SSSR count). The number of halogens is 3. The monoisotopic (exact) mass is 292 g/mol. The average molecular weight is 292 g/mol. The van der Waals surface area contributed by atoms with E-state index in [-0.39, 0.29) is 18.2 Å². The van der Waals surface area contributed by atoms with E-state index in [4.69, 9.17) is 5.11 Å².